The molecule has 1 aromatic heterocycles. The molecule has 0 N–H and O–H groups in total. The number of para-hydroxylation sites is 1. The Hall–Kier alpha value is -1.52. The summed E-state index contributed by atoms with van der Waals surface area (Å²) in [6, 6.07) is 7.56. The van der Waals surface area contributed by atoms with Crippen molar-refractivity contribution in [2.45, 2.75) is 19.6 Å². The Balaban J connectivity index is 1.49. The fourth-order valence-electron chi connectivity index (χ4n) is 2.16. The summed E-state index contributed by atoms with van der Waals surface area (Å²) in [5, 5.41) is 0.660. The summed E-state index contributed by atoms with van der Waals surface area (Å²) in [6.07, 6.45) is 1.91. The highest BCUT2D eigenvalue weighted by atomic mass is 35.5. The monoisotopic (exact) mass is 278 g/mol. The highest BCUT2D eigenvalue weighted by molar-refractivity contribution is 6.32. The zero-order valence-electron chi connectivity index (χ0n) is 10.7. The fourth-order valence-corrected chi connectivity index (χ4v) is 2.34. The van der Waals surface area contributed by atoms with Crippen LogP contribution in [0.3, 0.4) is 0 Å². The van der Waals surface area contributed by atoms with Crippen LogP contribution in [0.25, 0.3) is 0 Å². The molecule has 4 nitrogen and oxygen atoms in total. The maximum atomic E-state index is 6.06. The molecule has 19 heavy (non-hydrogen) atoms. The van der Waals surface area contributed by atoms with Crippen LogP contribution in [0.5, 0.6) is 5.75 Å². The Kier molecular flexibility index (Phi) is 3.44. The van der Waals surface area contributed by atoms with Crippen molar-refractivity contribution in [1.29, 1.82) is 0 Å². The number of hydrogen-bond donors (Lipinski definition) is 0. The van der Waals surface area contributed by atoms with Crippen LogP contribution in [0.4, 0.5) is 0 Å². The van der Waals surface area contributed by atoms with Crippen LogP contribution in [-0.4, -0.2) is 29.1 Å². The third-order valence-electron chi connectivity index (χ3n) is 3.11. The number of rotatable bonds is 4. The predicted molar refractivity (Wildman–Crippen MR) is 72.4 cm³/mol. The summed E-state index contributed by atoms with van der Waals surface area (Å²) < 4.78 is 11.0. The van der Waals surface area contributed by atoms with Crippen LogP contribution < -0.4 is 4.74 Å². The molecule has 1 aliphatic rings. The van der Waals surface area contributed by atoms with Gasteiger partial charge in [-0.1, -0.05) is 23.7 Å². The molecule has 1 aliphatic heterocycles. The van der Waals surface area contributed by atoms with E-state index in [-0.39, 0.29) is 6.10 Å². The highest BCUT2D eigenvalue weighted by Crippen LogP contribution is 2.26. The molecule has 0 atom stereocenters. The molecule has 0 bridgehead atoms. The van der Waals surface area contributed by atoms with Crippen molar-refractivity contribution < 1.29 is 9.15 Å². The van der Waals surface area contributed by atoms with E-state index in [1.807, 2.05) is 31.2 Å². The van der Waals surface area contributed by atoms with Crippen LogP contribution in [0.2, 0.25) is 5.02 Å². The van der Waals surface area contributed by atoms with E-state index in [9.17, 15) is 0 Å². The van der Waals surface area contributed by atoms with Gasteiger partial charge in [0.25, 0.3) is 0 Å². The third-order valence-corrected chi connectivity index (χ3v) is 3.42. The Bertz CT molecular complexity index is 564. The van der Waals surface area contributed by atoms with E-state index in [4.69, 9.17) is 20.8 Å². The highest BCUT2D eigenvalue weighted by Gasteiger charge is 2.29. The van der Waals surface area contributed by atoms with E-state index in [0.717, 1.165) is 31.1 Å². The van der Waals surface area contributed by atoms with Crippen LogP contribution in [-0.2, 0) is 6.54 Å². The van der Waals surface area contributed by atoms with Gasteiger partial charge in [-0.2, -0.15) is 0 Å². The average Bonchev–Trinajstić information content (AvgIpc) is 2.75. The van der Waals surface area contributed by atoms with Gasteiger partial charge in [-0.05, 0) is 12.1 Å². The summed E-state index contributed by atoms with van der Waals surface area (Å²) in [4.78, 5) is 6.55. The van der Waals surface area contributed by atoms with Gasteiger partial charge in [-0.3, -0.25) is 4.90 Å². The molecule has 2 heterocycles. The summed E-state index contributed by atoms with van der Waals surface area (Å²) in [7, 11) is 0. The number of aryl methyl sites for hydroxylation is 1. The topological polar surface area (TPSA) is 38.5 Å². The molecule has 0 radical (unpaired) electrons. The van der Waals surface area contributed by atoms with Crippen molar-refractivity contribution >= 4 is 11.6 Å². The second-order valence-corrected chi connectivity index (χ2v) is 5.13. The number of halogens is 1. The van der Waals surface area contributed by atoms with E-state index >= 15 is 0 Å². The number of nitrogens with zero attached hydrogens (tertiary/aromatic N) is 2. The lowest BCUT2D eigenvalue weighted by Crippen LogP contribution is -2.53. The van der Waals surface area contributed by atoms with Crippen LogP contribution in [0.1, 0.15) is 11.6 Å². The third kappa shape index (κ3) is 2.91. The van der Waals surface area contributed by atoms with Crippen LogP contribution >= 0.6 is 11.6 Å². The predicted octanol–water partition coefficient (Wildman–Crippen LogP) is 2.90. The zero-order valence-corrected chi connectivity index (χ0v) is 11.4. The van der Waals surface area contributed by atoms with Crippen molar-refractivity contribution in [1.82, 2.24) is 9.88 Å². The summed E-state index contributed by atoms with van der Waals surface area (Å²) >= 11 is 6.06. The minimum Gasteiger partial charge on any atom is -0.486 e. The van der Waals surface area contributed by atoms with Gasteiger partial charge in [-0.25, -0.2) is 4.98 Å². The average molecular weight is 279 g/mol. The molecule has 0 saturated carbocycles. The second-order valence-electron chi connectivity index (χ2n) is 4.72. The van der Waals surface area contributed by atoms with Gasteiger partial charge in [0.1, 0.15) is 18.1 Å². The number of likely N-dealkylation sites (tertiary alicyclic amines) is 1. The Morgan fingerprint density at radius 2 is 2.21 bits per heavy atom. The lowest BCUT2D eigenvalue weighted by molar-refractivity contribution is 0.0138. The van der Waals surface area contributed by atoms with Gasteiger partial charge in [0.2, 0.25) is 0 Å². The van der Waals surface area contributed by atoms with Crippen molar-refractivity contribution in [3.8, 4) is 5.75 Å². The van der Waals surface area contributed by atoms with Gasteiger partial charge >= 0.3 is 0 Å². The van der Waals surface area contributed by atoms with Crippen molar-refractivity contribution in [3.63, 3.8) is 0 Å². The van der Waals surface area contributed by atoms with Crippen LogP contribution in [0.15, 0.2) is 34.9 Å². The normalized spacial score (nSPS) is 16.3. The van der Waals surface area contributed by atoms with Crippen LogP contribution in [0, 0.1) is 6.92 Å². The summed E-state index contributed by atoms with van der Waals surface area (Å²) in [6.45, 7) is 4.43. The van der Waals surface area contributed by atoms with Gasteiger partial charge in [0.05, 0.1) is 10.7 Å². The smallest absolute Gasteiger partial charge is 0.191 e. The maximum absolute atomic E-state index is 6.06. The fraction of sp³-hybridized carbons (Fsp3) is 0.357. The summed E-state index contributed by atoms with van der Waals surface area (Å²) in [5.41, 5.74) is 0.966. The largest absolute Gasteiger partial charge is 0.486 e. The first-order chi connectivity index (χ1) is 9.20. The Morgan fingerprint density at radius 1 is 1.42 bits per heavy atom. The number of oxazole rings is 1. The minimum atomic E-state index is 0.202. The quantitative estimate of drug-likeness (QED) is 0.862. The molecule has 0 unspecified atom stereocenters. The molecule has 1 fully saturated rings. The number of aromatic nitrogens is 1. The number of hydrogen-bond acceptors (Lipinski definition) is 4. The number of ether oxygens (including phenoxy) is 1. The second kappa shape index (κ2) is 5.23. The van der Waals surface area contributed by atoms with Gasteiger partial charge in [-0.15, -0.1) is 0 Å². The molecule has 0 amide bonds. The van der Waals surface area contributed by atoms with Gasteiger partial charge < -0.3 is 9.15 Å². The van der Waals surface area contributed by atoms with Crippen molar-refractivity contribution in [2.24, 2.45) is 0 Å². The van der Waals surface area contributed by atoms with E-state index in [1.54, 1.807) is 6.26 Å². The molecular weight excluding hydrogens is 264 g/mol. The molecule has 0 aliphatic carbocycles. The Labute approximate surface area is 116 Å². The lowest BCUT2D eigenvalue weighted by Gasteiger charge is -2.38. The summed E-state index contributed by atoms with van der Waals surface area (Å²) in [5.74, 6) is 1.46. The molecule has 1 aromatic carbocycles. The maximum Gasteiger partial charge on any atom is 0.191 e. The molecule has 1 saturated heterocycles. The lowest BCUT2D eigenvalue weighted by atomic mass is 10.1. The molecule has 100 valence electrons. The molecule has 2 aromatic rings. The van der Waals surface area contributed by atoms with E-state index < -0.39 is 0 Å². The van der Waals surface area contributed by atoms with Crippen molar-refractivity contribution in [2.75, 3.05) is 13.1 Å². The molecule has 3 rings (SSSR count). The first-order valence-electron chi connectivity index (χ1n) is 6.25. The first kappa shape index (κ1) is 12.5. The number of benzene rings is 1. The minimum absolute atomic E-state index is 0.202. The van der Waals surface area contributed by atoms with E-state index in [2.05, 4.69) is 9.88 Å². The zero-order chi connectivity index (χ0) is 13.2. The molecular formula is C14H15ClN2O2. The van der Waals surface area contributed by atoms with E-state index in [1.165, 1.54) is 0 Å². The van der Waals surface area contributed by atoms with E-state index in [0.29, 0.717) is 10.9 Å². The van der Waals surface area contributed by atoms with Gasteiger partial charge in [0, 0.05) is 26.6 Å². The molecule has 5 heteroatoms. The molecule has 0 spiro atoms. The van der Waals surface area contributed by atoms with Gasteiger partial charge in [0.15, 0.2) is 5.89 Å². The standard InChI is InChI=1S/C14H15ClN2O2/c1-10-16-11(9-18-10)6-17-7-12(8-17)19-14-5-3-2-4-13(14)15/h2-5,9,12H,6-8H2,1H3. The van der Waals surface area contributed by atoms with Crippen molar-refractivity contribution in [3.05, 3.63) is 47.1 Å². The first-order valence-corrected chi connectivity index (χ1v) is 6.63. The SMILES string of the molecule is Cc1nc(CN2CC(Oc3ccccc3Cl)C2)co1. The Morgan fingerprint density at radius 3 is 2.89 bits per heavy atom.